The minimum absolute atomic E-state index is 0.0572. The van der Waals surface area contributed by atoms with Crippen LogP contribution in [0.4, 0.5) is 5.95 Å². The molecule has 116 valence electrons. The molecule has 4 rings (SSSR count). The molecule has 1 atom stereocenters. The molecule has 23 heavy (non-hydrogen) atoms. The summed E-state index contributed by atoms with van der Waals surface area (Å²) in [6.07, 6.45) is 4.19. The minimum Gasteiger partial charge on any atom is -0.469 e. The van der Waals surface area contributed by atoms with Crippen molar-refractivity contribution < 1.29 is 18.8 Å². The Balaban J connectivity index is 1.71. The van der Waals surface area contributed by atoms with Crippen molar-refractivity contribution in [2.45, 2.75) is 31.6 Å². The Labute approximate surface area is 131 Å². The highest BCUT2D eigenvalue weighted by atomic mass is 16.3. The number of imide groups is 1. The Bertz CT molecular complexity index is 797. The van der Waals surface area contributed by atoms with Crippen LogP contribution in [0.1, 0.15) is 47.0 Å². The number of ketones is 1. The van der Waals surface area contributed by atoms with E-state index in [0.29, 0.717) is 24.1 Å². The third kappa shape index (κ3) is 2.25. The Morgan fingerprint density at radius 2 is 1.91 bits per heavy atom. The first kappa shape index (κ1) is 13.8. The summed E-state index contributed by atoms with van der Waals surface area (Å²) in [5.74, 6) is 0.0389. The number of anilines is 1. The van der Waals surface area contributed by atoms with Gasteiger partial charge in [-0.25, -0.2) is 14.9 Å². The highest BCUT2D eigenvalue weighted by molar-refractivity contribution is 6.18. The normalized spacial score (nSPS) is 21.0. The lowest BCUT2D eigenvalue weighted by Crippen LogP contribution is -2.31. The maximum Gasteiger partial charge on any atom is 0.239 e. The fourth-order valence-electron chi connectivity index (χ4n) is 3.07. The summed E-state index contributed by atoms with van der Waals surface area (Å²) in [5, 5.41) is 0. The number of rotatable bonds is 2. The molecule has 7 nitrogen and oxygen atoms in total. The van der Waals surface area contributed by atoms with Crippen LogP contribution in [0.3, 0.4) is 0 Å². The van der Waals surface area contributed by atoms with Crippen LogP contribution < -0.4 is 4.90 Å². The molecular formula is C16H13N3O4. The summed E-state index contributed by atoms with van der Waals surface area (Å²) < 4.78 is 5.39. The van der Waals surface area contributed by atoms with E-state index in [1.807, 2.05) is 6.07 Å². The van der Waals surface area contributed by atoms with E-state index in [0.717, 1.165) is 10.7 Å². The zero-order valence-corrected chi connectivity index (χ0v) is 12.2. The van der Waals surface area contributed by atoms with Gasteiger partial charge in [-0.2, -0.15) is 0 Å². The molecule has 0 N–H and O–H groups in total. The molecule has 0 aromatic carbocycles. The van der Waals surface area contributed by atoms with E-state index in [2.05, 4.69) is 9.97 Å². The van der Waals surface area contributed by atoms with E-state index in [4.69, 9.17) is 4.42 Å². The van der Waals surface area contributed by atoms with Crippen molar-refractivity contribution in [3.8, 4) is 0 Å². The summed E-state index contributed by atoms with van der Waals surface area (Å²) >= 11 is 0. The molecule has 0 radical (unpaired) electrons. The van der Waals surface area contributed by atoms with E-state index in [9.17, 15) is 14.4 Å². The van der Waals surface area contributed by atoms with Crippen molar-refractivity contribution in [2.75, 3.05) is 4.90 Å². The zero-order chi connectivity index (χ0) is 16.0. The second kappa shape index (κ2) is 5.12. The van der Waals surface area contributed by atoms with E-state index in [1.54, 1.807) is 12.3 Å². The zero-order valence-electron chi connectivity index (χ0n) is 12.2. The molecule has 7 heteroatoms. The van der Waals surface area contributed by atoms with Gasteiger partial charge in [0, 0.05) is 37.8 Å². The molecule has 2 aromatic rings. The molecule has 1 saturated heterocycles. The third-order valence-electron chi connectivity index (χ3n) is 4.22. The van der Waals surface area contributed by atoms with Gasteiger partial charge in [0.2, 0.25) is 17.8 Å². The van der Waals surface area contributed by atoms with Crippen LogP contribution in [0.25, 0.3) is 0 Å². The lowest BCUT2D eigenvalue weighted by molar-refractivity contribution is -0.121. The molecule has 2 aromatic heterocycles. The van der Waals surface area contributed by atoms with Crippen LogP contribution in [-0.4, -0.2) is 27.6 Å². The van der Waals surface area contributed by atoms with Crippen molar-refractivity contribution in [1.29, 1.82) is 0 Å². The lowest BCUT2D eigenvalue weighted by Gasteiger charge is -2.22. The number of carbonyl (C=O) groups is 3. The van der Waals surface area contributed by atoms with Crippen LogP contribution in [0.5, 0.6) is 0 Å². The molecule has 1 aliphatic carbocycles. The number of furan rings is 1. The van der Waals surface area contributed by atoms with E-state index < -0.39 is 0 Å². The van der Waals surface area contributed by atoms with Gasteiger partial charge in [0.15, 0.2) is 5.78 Å². The smallest absolute Gasteiger partial charge is 0.239 e. The molecule has 3 heterocycles. The van der Waals surface area contributed by atoms with Gasteiger partial charge in [-0.3, -0.25) is 14.4 Å². The van der Waals surface area contributed by atoms with Crippen LogP contribution >= 0.6 is 0 Å². The summed E-state index contributed by atoms with van der Waals surface area (Å²) in [6.45, 7) is 0. The largest absolute Gasteiger partial charge is 0.469 e. The SMILES string of the molecule is O=C1C[C@@H](c2ccco2)Cc2nc(N3C(=O)CCC3=O)ncc21. The predicted molar refractivity (Wildman–Crippen MR) is 77.9 cm³/mol. The third-order valence-corrected chi connectivity index (χ3v) is 4.22. The number of fused-ring (bicyclic) bond motifs is 1. The number of nitrogens with zero attached hydrogens (tertiary/aromatic N) is 3. The standard InChI is InChI=1S/C16H13N3O4/c20-12-7-9(13-2-1-5-23-13)6-11-10(12)8-17-16(18-11)19-14(21)3-4-15(19)22/h1-2,5,8-9H,3-4,6-7H2/t9-/m0/s1. The Kier molecular flexibility index (Phi) is 3.07. The highest BCUT2D eigenvalue weighted by Crippen LogP contribution is 2.32. The molecule has 2 aliphatic rings. The molecule has 0 spiro atoms. The molecule has 2 amide bonds. The number of Topliss-reactive ketones (excluding diaryl/α,β-unsaturated/α-hetero) is 1. The summed E-state index contributed by atoms with van der Waals surface area (Å²) in [6, 6.07) is 3.61. The molecule has 1 fully saturated rings. The average molecular weight is 311 g/mol. The van der Waals surface area contributed by atoms with Crippen molar-refractivity contribution in [1.82, 2.24) is 9.97 Å². The second-order valence-electron chi connectivity index (χ2n) is 5.70. The van der Waals surface area contributed by atoms with Crippen molar-refractivity contribution >= 4 is 23.5 Å². The van der Waals surface area contributed by atoms with Crippen molar-refractivity contribution in [2.24, 2.45) is 0 Å². The number of amides is 2. The average Bonchev–Trinajstić information content (AvgIpc) is 3.17. The molecule has 0 saturated carbocycles. The van der Waals surface area contributed by atoms with Gasteiger partial charge in [0.25, 0.3) is 0 Å². The van der Waals surface area contributed by atoms with Gasteiger partial charge >= 0.3 is 0 Å². The van der Waals surface area contributed by atoms with Crippen LogP contribution in [-0.2, 0) is 16.0 Å². The van der Waals surface area contributed by atoms with Crippen molar-refractivity contribution in [3.05, 3.63) is 41.6 Å². The molecular weight excluding hydrogens is 298 g/mol. The molecule has 0 bridgehead atoms. The fourth-order valence-corrected chi connectivity index (χ4v) is 3.07. The van der Waals surface area contributed by atoms with Gasteiger partial charge in [-0.15, -0.1) is 0 Å². The lowest BCUT2D eigenvalue weighted by atomic mass is 9.85. The van der Waals surface area contributed by atoms with Crippen molar-refractivity contribution in [3.63, 3.8) is 0 Å². The van der Waals surface area contributed by atoms with Gasteiger partial charge in [-0.05, 0) is 12.1 Å². The van der Waals surface area contributed by atoms with Gasteiger partial charge < -0.3 is 4.42 Å². The number of carbonyl (C=O) groups excluding carboxylic acids is 3. The van der Waals surface area contributed by atoms with E-state index >= 15 is 0 Å². The number of hydrogen-bond donors (Lipinski definition) is 0. The topological polar surface area (TPSA) is 93.4 Å². The number of hydrogen-bond acceptors (Lipinski definition) is 6. The van der Waals surface area contributed by atoms with E-state index in [-0.39, 0.29) is 42.3 Å². The van der Waals surface area contributed by atoms with Gasteiger partial charge in [-0.1, -0.05) is 0 Å². The Morgan fingerprint density at radius 1 is 1.13 bits per heavy atom. The molecule has 1 aliphatic heterocycles. The Hall–Kier alpha value is -2.83. The number of aromatic nitrogens is 2. The maximum atomic E-state index is 12.3. The maximum absolute atomic E-state index is 12.3. The fraction of sp³-hybridized carbons (Fsp3) is 0.312. The van der Waals surface area contributed by atoms with Gasteiger partial charge in [0.1, 0.15) is 5.76 Å². The monoisotopic (exact) mass is 311 g/mol. The van der Waals surface area contributed by atoms with E-state index in [1.165, 1.54) is 6.20 Å². The summed E-state index contributed by atoms with van der Waals surface area (Å²) in [4.78, 5) is 45.3. The predicted octanol–water partition coefficient (Wildman–Crippen LogP) is 1.64. The second-order valence-corrected chi connectivity index (χ2v) is 5.70. The van der Waals surface area contributed by atoms with Crippen LogP contribution in [0, 0.1) is 0 Å². The quantitative estimate of drug-likeness (QED) is 0.783. The summed E-state index contributed by atoms with van der Waals surface area (Å²) in [7, 11) is 0. The van der Waals surface area contributed by atoms with Crippen LogP contribution in [0.15, 0.2) is 29.0 Å². The highest BCUT2D eigenvalue weighted by Gasteiger charge is 2.35. The van der Waals surface area contributed by atoms with Gasteiger partial charge in [0.05, 0.1) is 17.5 Å². The summed E-state index contributed by atoms with van der Waals surface area (Å²) in [5.41, 5.74) is 1.01. The minimum atomic E-state index is -0.306. The van der Waals surface area contributed by atoms with Crippen LogP contribution in [0.2, 0.25) is 0 Å². The first-order chi connectivity index (χ1) is 11.1. The Morgan fingerprint density at radius 3 is 2.61 bits per heavy atom. The first-order valence-corrected chi connectivity index (χ1v) is 7.42. The molecule has 0 unspecified atom stereocenters. The first-order valence-electron chi connectivity index (χ1n) is 7.42.